The third kappa shape index (κ3) is 1.91. The fraction of sp³-hybridized carbons (Fsp3) is 0.200. The van der Waals surface area contributed by atoms with E-state index in [9.17, 15) is 13.2 Å². The van der Waals surface area contributed by atoms with Crippen LogP contribution in [0.5, 0.6) is 0 Å². The Labute approximate surface area is 89.5 Å². The van der Waals surface area contributed by atoms with Crippen molar-refractivity contribution in [3.05, 3.63) is 36.0 Å². The Morgan fingerprint density at radius 2 is 2.12 bits per heavy atom. The second-order valence-corrected chi connectivity index (χ2v) is 3.25. The van der Waals surface area contributed by atoms with Gasteiger partial charge in [0.05, 0.1) is 11.8 Å². The van der Waals surface area contributed by atoms with E-state index in [1.807, 2.05) is 0 Å². The third-order valence-electron chi connectivity index (χ3n) is 2.05. The lowest BCUT2D eigenvalue weighted by molar-refractivity contribution is -0.137. The number of hydrogen-bond donors (Lipinski definition) is 0. The fourth-order valence-electron chi connectivity index (χ4n) is 1.36. The Morgan fingerprint density at radius 1 is 1.38 bits per heavy atom. The first kappa shape index (κ1) is 10.7. The highest BCUT2D eigenvalue weighted by atomic mass is 19.4. The van der Waals surface area contributed by atoms with Crippen molar-refractivity contribution in [2.45, 2.75) is 6.18 Å². The zero-order chi connectivity index (χ0) is 11.8. The standard InChI is InChI=1S/C10H7F3N3/c1-16-6-9(14-15-16)7-4-2-3-5-8(7)10(11,12)13/h2,4-6H,1H3. The number of hydrogen-bond acceptors (Lipinski definition) is 2. The van der Waals surface area contributed by atoms with E-state index in [1.54, 1.807) is 7.05 Å². The van der Waals surface area contributed by atoms with Gasteiger partial charge < -0.3 is 0 Å². The monoisotopic (exact) mass is 226 g/mol. The summed E-state index contributed by atoms with van der Waals surface area (Å²) in [6.07, 6.45) is -2.98. The minimum absolute atomic E-state index is 0.0133. The number of aryl methyl sites for hydroxylation is 1. The van der Waals surface area contributed by atoms with E-state index in [4.69, 9.17) is 0 Å². The number of alkyl halides is 3. The molecule has 0 amide bonds. The molecule has 0 fully saturated rings. The molecule has 0 saturated heterocycles. The minimum atomic E-state index is -4.41. The molecule has 16 heavy (non-hydrogen) atoms. The normalized spacial score (nSPS) is 11.8. The molecule has 0 aliphatic heterocycles. The van der Waals surface area contributed by atoms with E-state index in [0.717, 1.165) is 6.07 Å². The zero-order valence-corrected chi connectivity index (χ0v) is 8.28. The van der Waals surface area contributed by atoms with Crippen molar-refractivity contribution in [2.75, 3.05) is 0 Å². The number of halogens is 3. The Hall–Kier alpha value is -1.85. The molecule has 0 aliphatic carbocycles. The molecule has 0 spiro atoms. The first-order valence-electron chi connectivity index (χ1n) is 4.42. The molecular formula is C10H7F3N3. The molecular weight excluding hydrogens is 219 g/mol. The second kappa shape index (κ2) is 3.62. The largest absolute Gasteiger partial charge is 0.417 e. The predicted octanol–water partition coefficient (Wildman–Crippen LogP) is 2.30. The highest BCUT2D eigenvalue weighted by molar-refractivity contribution is 5.63. The Balaban J connectivity index is 2.57. The van der Waals surface area contributed by atoms with Crippen LogP contribution < -0.4 is 0 Å². The third-order valence-corrected chi connectivity index (χ3v) is 2.05. The summed E-state index contributed by atoms with van der Waals surface area (Å²) in [7, 11) is 1.60. The van der Waals surface area contributed by atoms with Crippen LogP contribution in [-0.2, 0) is 13.2 Å². The van der Waals surface area contributed by atoms with E-state index in [0.29, 0.717) is 0 Å². The van der Waals surface area contributed by atoms with Gasteiger partial charge in [0.1, 0.15) is 5.69 Å². The van der Waals surface area contributed by atoms with Crippen LogP contribution in [0.4, 0.5) is 13.2 Å². The highest BCUT2D eigenvalue weighted by Crippen LogP contribution is 2.35. The van der Waals surface area contributed by atoms with Crippen LogP contribution in [-0.4, -0.2) is 15.0 Å². The SMILES string of the molecule is Cn1cc(-c2cc[c]cc2C(F)(F)F)nn1. The lowest BCUT2D eigenvalue weighted by Gasteiger charge is -2.09. The molecule has 0 bridgehead atoms. The summed E-state index contributed by atoms with van der Waals surface area (Å²) in [5.41, 5.74) is -0.543. The molecule has 3 nitrogen and oxygen atoms in total. The van der Waals surface area contributed by atoms with Gasteiger partial charge in [-0.2, -0.15) is 13.2 Å². The maximum Gasteiger partial charge on any atom is 0.417 e. The van der Waals surface area contributed by atoms with Crippen LogP contribution in [0.1, 0.15) is 5.56 Å². The molecule has 0 unspecified atom stereocenters. The molecule has 1 aromatic carbocycles. The predicted molar refractivity (Wildman–Crippen MR) is 50.3 cm³/mol. The molecule has 1 radical (unpaired) electrons. The van der Waals surface area contributed by atoms with Crippen molar-refractivity contribution in [1.82, 2.24) is 15.0 Å². The molecule has 83 valence electrons. The number of nitrogens with zero attached hydrogens (tertiary/aromatic N) is 3. The van der Waals surface area contributed by atoms with Gasteiger partial charge in [0.15, 0.2) is 0 Å². The van der Waals surface area contributed by atoms with Gasteiger partial charge in [-0.1, -0.05) is 17.3 Å². The van der Waals surface area contributed by atoms with Gasteiger partial charge in [0.25, 0.3) is 0 Å². The quantitative estimate of drug-likeness (QED) is 0.747. The number of benzene rings is 1. The Morgan fingerprint density at radius 3 is 2.69 bits per heavy atom. The molecule has 6 heteroatoms. The van der Waals surface area contributed by atoms with Gasteiger partial charge in [0, 0.05) is 12.6 Å². The first-order valence-corrected chi connectivity index (χ1v) is 4.42. The summed E-state index contributed by atoms with van der Waals surface area (Å²) < 4.78 is 39.4. The van der Waals surface area contributed by atoms with E-state index < -0.39 is 11.7 Å². The summed E-state index contributed by atoms with van der Waals surface area (Å²) >= 11 is 0. The average molecular weight is 226 g/mol. The van der Waals surface area contributed by atoms with Gasteiger partial charge in [-0.3, -0.25) is 4.68 Å². The smallest absolute Gasteiger partial charge is 0.255 e. The van der Waals surface area contributed by atoms with Gasteiger partial charge in [-0.05, 0) is 12.1 Å². The van der Waals surface area contributed by atoms with Crippen LogP contribution in [0.25, 0.3) is 11.3 Å². The highest BCUT2D eigenvalue weighted by Gasteiger charge is 2.33. The lowest BCUT2D eigenvalue weighted by atomic mass is 10.1. The molecule has 0 N–H and O–H groups in total. The van der Waals surface area contributed by atoms with Crippen LogP contribution in [0, 0.1) is 6.07 Å². The minimum Gasteiger partial charge on any atom is -0.255 e. The van der Waals surface area contributed by atoms with E-state index in [1.165, 1.54) is 23.0 Å². The van der Waals surface area contributed by atoms with Gasteiger partial charge >= 0.3 is 6.18 Å². The first-order chi connectivity index (χ1) is 7.48. The summed E-state index contributed by atoms with van der Waals surface area (Å²) in [5.74, 6) is 0. The van der Waals surface area contributed by atoms with E-state index >= 15 is 0 Å². The Bertz CT molecular complexity index is 502. The van der Waals surface area contributed by atoms with Crippen LogP contribution in [0.3, 0.4) is 0 Å². The maximum absolute atomic E-state index is 12.7. The van der Waals surface area contributed by atoms with Crippen LogP contribution >= 0.6 is 0 Å². The molecule has 1 heterocycles. The molecule has 0 saturated carbocycles. The van der Waals surface area contributed by atoms with Gasteiger partial charge in [-0.15, -0.1) is 5.10 Å². The Kier molecular flexibility index (Phi) is 2.41. The summed E-state index contributed by atoms with van der Waals surface area (Å²) in [6, 6.07) is 6.06. The van der Waals surface area contributed by atoms with Crippen molar-refractivity contribution in [1.29, 1.82) is 0 Å². The second-order valence-electron chi connectivity index (χ2n) is 3.25. The molecule has 0 aliphatic rings. The lowest BCUT2D eigenvalue weighted by Crippen LogP contribution is -2.07. The summed E-state index contributed by atoms with van der Waals surface area (Å²) in [5, 5.41) is 7.26. The summed E-state index contributed by atoms with van der Waals surface area (Å²) in [6.45, 7) is 0. The van der Waals surface area contributed by atoms with Crippen LogP contribution in [0.2, 0.25) is 0 Å². The fourth-order valence-corrected chi connectivity index (χ4v) is 1.36. The topological polar surface area (TPSA) is 30.7 Å². The van der Waals surface area contributed by atoms with Crippen molar-refractivity contribution < 1.29 is 13.2 Å². The molecule has 0 atom stereocenters. The van der Waals surface area contributed by atoms with E-state index in [-0.39, 0.29) is 11.3 Å². The molecule has 2 rings (SSSR count). The van der Waals surface area contributed by atoms with Gasteiger partial charge in [0.2, 0.25) is 0 Å². The molecule has 1 aromatic heterocycles. The molecule has 2 aromatic rings. The maximum atomic E-state index is 12.7. The van der Waals surface area contributed by atoms with Crippen molar-refractivity contribution >= 4 is 0 Å². The van der Waals surface area contributed by atoms with Crippen molar-refractivity contribution in [3.8, 4) is 11.3 Å². The summed E-state index contributed by atoms with van der Waals surface area (Å²) in [4.78, 5) is 0. The average Bonchev–Trinajstić information content (AvgIpc) is 2.64. The number of aromatic nitrogens is 3. The van der Waals surface area contributed by atoms with Gasteiger partial charge in [-0.25, -0.2) is 0 Å². The number of rotatable bonds is 1. The van der Waals surface area contributed by atoms with Crippen LogP contribution in [0.15, 0.2) is 24.4 Å². The zero-order valence-electron chi connectivity index (χ0n) is 8.28. The van der Waals surface area contributed by atoms with Crippen molar-refractivity contribution in [3.63, 3.8) is 0 Å². The van der Waals surface area contributed by atoms with Crippen molar-refractivity contribution in [2.24, 2.45) is 7.05 Å². The van der Waals surface area contributed by atoms with E-state index in [2.05, 4.69) is 16.4 Å².